The Kier molecular flexibility index (Phi) is 3.01. The zero-order valence-electron chi connectivity index (χ0n) is 8.98. The Bertz CT molecular complexity index is 400. The van der Waals surface area contributed by atoms with E-state index in [2.05, 4.69) is 41.1 Å². The molecule has 0 aliphatic heterocycles. The van der Waals surface area contributed by atoms with Crippen molar-refractivity contribution in [2.45, 2.75) is 33.1 Å². The minimum Gasteiger partial charge on any atom is -0.197 e. The average molecular weight is 252 g/mol. The summed E-state index contributed by atoms with van der Waals surface area (Å²) in [5, 5.41) is 9.08. The van der Waals surface area contributed by atoms with Gasteiger partial charge in [0.15, 0.2) is 0 Å². The highest BCUT2D eigenvalue weighted by atomic mass is 79.9. The van der Waals surface area contributed by atoms with Gasteiger partial charge in [-0.15, -0.1) is 0 Å². The summed E-state index contributed by atoms with van der Waals surface area (Å²) in [6.45, 7) is 7.97. The van der Waals surface area contributed by atoms with Crippen LogP contribution < -0.4 is 0 Å². The standard InChI is InChI=1S/C12H14BrN/c1-8-5-9(2)11(13)10(6-8)12(3,4)7-14/h5-6H,1-4H3. The maximum absolute atomic E-state index is 9.08. The van der Waals surface area contributed by atoms with E-state index in [1.54, 1.807) is 0 Å². The molecule has 0 bridgehead atoms. The molecule has 0 radical (unpaired) electrons. The van der Waals surface area contributed by atoms with Gasteiger partial charge in [0.2, 0.25) is 0 Å². The lowest BCUT2D eigenvalue weighted by Gasteiger charge is -2.19. The van der Waals surface area contributed by atoms with Crippen LogP contribution in [0, 0.1) is 25.2 Å². The summed E-state index contributed by atoms with van der Waals surface area (Å²) < 4.78 is 1.05. The van der Waals surface area contributed by atoms with E-state index in [0.29, 0.717) is 0 Å². The van der Waals surface area contributed by atoms with Crippen molar-refractivity contribution in [1.82, 2.24) is 0 Å². The van der Waals surface area contributed by atoms with Crippen LogP contribution in [-0.4, -0.2) is 0 Å². The number of hydrogen-bond donors (Lipinski definition) is 0. The second-order valence-corrected chi connectivity index (χ2v) is 4.97. The van der Waals surface area contributed by atoms with Crippen LogP contribution in [0.5, 0.6) is 0 Å². The fourth-order valence-electron chi connectivity index (χ4n) is 1.46. The number of rotatable bonds is 1. The normalized spacial score (nSPS) is 11.1. The molecule has 0 unspecified atom stereocenters. The average Bonchev–Trinajstić information content (AvgIpc) is 2.11. The molecule has 1 aromatic rings. The number of nitriles is 1. The zero-order valence-corrected chi connectivity index (χ0v) is 10.6. The molecule has 0 fully saturated rings. The largest absolute Gasteiger partial charge is 0.197 e. The fraction of sp³-hybridized carbons (Fsp3) is 0.417. The molecule has 0 heterocycles. The minimum atomic E-state index is -0.435. The third-order valence-corrected chi connectivity index (χ3v) is 3.40. The van der Waals surface area contributed by atoms with Gasteiger partial charge in [0.05, 0.1) is 11.5 Å². The van der Waals surface area contributed by atoms with E-state index in [1.807, 2.05) is 20.8 Å². The van der Waals surface area contributed by atoms with Gasteiger partial charge in [0.25, 0.3) is 0 Å². The Morgan fingerprint density at radius 2 is 1.86 bits per heavy atom. The van der Waals surface area contributed by atoms with Crippen LogP contribution in [0.1, 0.15) is 30.5 Å². The molecule has 0 aliphatic carbocycles. The van der Waals surface area contributed by atoms with Crippen LogP contribution in [0.25, 0.3) is 0 Å². The third kappa shape index (κ3) is 1.99. The SMILES string of the molecule is Cc1cc(C)c(Br)c(C(C)(C)C#N)c1. The molecule has 1 rings (SSSR count). The molecule has 14 heavy (non-hydrogen) atoms. The quantitative estimate of drug-likeness (QED) is 0.744. The van der Waals surface area contributed by atoms with Crippen molar-refractivity contribution in [2.75, 3.05) is 0 Å². The first-order chi connectivity index (χ1) is 6.38. The predicted octanol–water partition coefficient (Wildman–Crippen LogP) is 3.87. The summed E-state index contributed by atoms with van der Waals surface area (Å²) in [7, 11) is 0. The lowest BCUT2D eigenvalue weighted by molar-refractivity contribution is 0.681. The fourth-order valence-corrected chi connectivity index (χ4v) is 2.19. The Morgan fingerprint density at radius 3 is 2.36 bits per heavy atom. The van der Waals surface area contributed by atoms with Crippen molar-refractivity contribution in [2.24, 2.45) is 0 Å². The highest BCUT2D eigenvalue weighted by Crippen LogP contribution is 2.32. The second kappa shape index (κ2) is 3.74. The molecule has 2 heteroatoms. The molecule has 0 saturated carbocycles. The van der Waals surface area contributed by atoms with E-state index in [0.717, 1.165) is 10.0 Å². The van der Waals surface area contributed by atoms with Crippen LogP contribution in [0.4, 0.5) is 0 Å². The maximum atomic E-state index is 9.08. The van der Waals surface area contributed by atoms with Gasteiger partial charge in [-0.1, -0.05) is 33.6 Å². The molecule has 0 atom stereocenters. The summed E-state index contributed by atoms with van der Waals surface area (Å²) in [5.74, 6) is 0. The van der Waals surface area contributed by atoms with Gasteiger partial charge in [0, 0.05) is 4.47 Å². The van der Waals surface area contributed by atoms with E-state index >= 15 is 0 Å². The third-order valence-electron chi connectivity index (χ3n) is 2.35. The monoisotopic (exact) mass is 251 g/mol. The van der Waals surface area contributed by atoms with Crippen molar-refractivity contribution >= 4 is 15.9 Å². The predicted molar refractivity (Wildman–Crippen MR) is 62.3 cm³/mol. The highest BCUT2D eigenvalue weighted by molar-refractivity contribution is 9.10. The van der Waals surface area contributed by atoms with Gasteiger partial charge >= 0.3 is 0 Å². The van der Waals surface area contributed by atoms with Gasteiger partial charge in [-0.05, 0) is 38.8 Å². The number of nitrogens with zero attached hydrogens (tertiary/aromatic N) is 1. The first-order valence-electron chi connectivity index (χ1n) is 4.57. The summed E-state index contributed by atoms with van der Waals surface area (Å²) in [4.78, 5) is 0. The Labute approximate surface area is 93.9 Å². The number of halogens is 1. The van der Waals surface area contributed by atoms with Crippen LogP contribution in [0.2, 0.25) is 0 Å². The first-order valence-corrected chi connectivity index (χ1v) is 5.36. The zero-order chi connectivity index (χ0) is 10.9. The summed E-state index contributed by atoms with van der Waals surface area (Å²) >= 11 is 3.54. The number of aryl methyl sites for hydroxylation is 2. The van der Waals surface area contributed by atoms with Gasteiger partial charge in [-0.25, -0.2) is 0 Å². The van der Waals surface area contributed by atoms with E-state index in [9.17, 15) is 0 Å². The molecule has 0 aromatic heterocycles. The highest BCUT2D eigenvalue weighted by Gasteiger charge is 2.23. The van der Waals surface area contributed by atoms with E-state index in [1.165, 1.54) is 11.1 Å². The van der Waals surface area contributed by atoms with Crippen molar-refractivity contribution in [3.63, 3.8) is 0 Å². The minimum absolute atomic E-state index is 0.435. The van der Waals surface area contributed by atoms with Gasteiger partial charge in [-0.3, -0.25) is 0 Å². The van der Waals surface area contributed by atoms with E-state index < -0.39 is 5.41 Å². The number of benzene rings is 1. The summed E-state index contributed by atoms with van der Waals surface area (Å²) in [5.41, 5.74) is 3.01. The molecule has 1 nitrogen and oxygen atoms in total. The second-order valence-electron chi connectivity index (χ2n) is 4.18. The van der Waals surface area contributed by atoms with E-state index in [4.69, 9.17) is 5.26 Å². The molecule has 0 aliphatic rings. The number of hydrogen-bond acceptors (Lipinski definition) is 1. The van der Waals surface area contributed by atoms with Gasteiger partial charge < -0.3 is 0 Å². The van der Waals surface area contributed by atoms with Crippen LogP contribution in [-0.2, 0) is 5.41 Å². The van der Waals surface area contributed by atoms with Crippen molar-refractivity contribution in [1.29, 1.82) is 5.26 Å². The van der Waals surface area contributed by atoms with Crippen molar-refractivity contribution < 1.29 is 0 Å². The Hall–Kier alpha value is -0.810. The molecular formula is C12H14BrN. The van der Waals surface area contributed by atoms with Crippen LogP contribution in [0.3, 0.4) is 0 Å². The lowest BCUT2D eigenvalue weighted by Crippen LogP contribution is -2.15. The first kappa shape index (κ1) is 11.3. The molecule has 0 saturated heterocycles. The Balaban J connectivity index is 3.44. The van der Waals surface area contributed by atoms with Gasteiger partial charge in [0.1, 0.15) is 0 Å². The summed E-state index contributed by atoms with van der Waals surface area (Å²) in [6.07, 6.45) is 0. The Morgan fingerprint density at radius 1 is 1.29 bits per heavy atom. The molecule has 0 amide bonds. The molecule has 0 spiro atoms. The summed E-state index contributed by atoms with van der Waals surface area (Å²) in [6, 6.07) is 6.50. The van der Waals surface area contributed by atoms with Crippen molar-refractivity contribution in [3.8, 4) is 6.07 Å². The molecule has 0 N–H and O–H groups in total. The molecular weight excluding hydrogens is 238 g/mol. The van der Waals surface area contributed by atoms with Gasteiger partial charge in [-0.2, -0.15) is 5.26 Å². The lowest BCUT2D eigenvalue weighted by atomic mass is 9.85. The smallest absolute Gasteiger partial charge is 0.0777 e. The van der Waals surface area contributed by atoms with Crippen LogP contribution in [0.15, 0.2) is 16.6 Å². The van der Waals surface area contributed by atoms with Crippen LogP contribution >= 0.6 is 15.9 Å². The van der Waals surface area contributed by atoms with E-state index in [-0.39, 0.29) is 0 Å². The molecule has 1 aromatic carbocycles. The molecule has 74 valence electrons. The van der Waals surface area contributed by atoms with Crippen molar-refractivity contribution in [3.05, 3.63) is 33.3 Å². The maximum Gasteiger partial charge on any atom is 0.0777 e. The topological polar surface area (TPSA) is 23.8 Å².